The Balaban J connectivity index is 1.23. The van der Waals surface area contributed by atoms with Gasteiger partial charge in [-0.2, -0.15) is 0 Å². The summed E-state index contributed by atoms with van der Waals surface area (Å²) < 4.78 is 10.7. The molecule has 0 spiro atoms. The third-order valence-corrected chi connectivity index (χ3v) is 7.25. The summed E-state index contributed by atoms with van der Waals surface area (Å²) in [5, 5.41) is 17.4. The Morgan fingerprint density at radius 2 is 1.68 bits per heavy atom. The third kappa shape index (κ3) is 6.09. The second-order valence-corrected chi connectivity index (χ2v) is 9.71. The number of nitrogens with two attached hydrogens (primary N) is 1. The molecule has 3 aliphatic rings. The first kappa shape index (κ1) is 27.0. The van der Waals surface area contributed by atoms with Crippen molar-refractivity contribution < 1.29 is 33.8 Å². The van der Waals surface area contributed by atoms with Gasteiger partial charge in [0.1, 0.15) is 19.0 Å². The number of carboxylic acid groups (broad SMARTS) is 1. The monoisotopic (exact) mass is 530 g/mol. The summed E-state index contributed by atoms with van der Waals surface area (Å²) in [4.78, 5) is 55.7. The fourth-order valence-corrected chi connectivity index (χ4v) is 5.24. The van der Waals surface area contributed by atoms with Crippen molar-refractivity contribution in [3.05, 3.63) is 30.3 Å². The summed E-state index contributed by atoms with van der Waals surface area (Å²) in [6.45, 7) is 2.16. The van der Waals surface area contributed by atoms with E-state index in [4.69, 9.17) is 20.6 Å². The minimum Gasteiger partial charge on any atom is -0.490 e. The molecule has 0 bridgehead atoms. The molecule has 3 atom stereocenters. The van der Waals surface area contributed by atoms with Crippen LogP contribution in [0.5, 0.6) is 5.75 Å². The molecule has 1 aromatic rings. The number of para-hydroxylation sites is 1. The smallest absolute Gasteiger partial charge is 0.410 e. The van der Waals surface area contributed by atoms with E-state index in [1.54, 1.807) is 17.0 Å². The standard InChI is InChI=1S/C25H34N6O7/c26-23(27)30-8-4-5-17(16-30)15-19-20(22(33)34)31(21(19)32)24(35)28-9-11-29(12-10-28)25(36)38-14-13-37-18-6-2-1-3-7-18/h1-3,6-7,17,19-20H,4-5,8-16H2,(H3,26,27)(H,33,34)/t17?,19-,20?/m1/s1. The van der Waals surface area contributed by atoms with Gasteiger partial charge in [0.2, 0.25) is 5.91 Å². The summed E-state index contributed by atoms with van der Waals surface area (Å²) in [6, 6.07) is 7.28. The number of ether oxygens (including phenoxy) is 2. The Kier molecular flexibility index (Phi) is 8.54. The second-order valence-electron chi connectivity index (χ2n) is 9.71. The zero-order valence-electron chi connectivity index (χ0n) is 21.2. The number of nitrogens with zero attached hydrogens (tertiary/aromatic N) is 4. The highest BCUT2D eigenvalue weighted by atomic mass is 16.6. The van der Waals surface area contributed by atoms with Crippen molar-refractivity contribution in [1.29, 1.82) is 5.41 Å². The maximum absolute atomic E-state index is 13.1. The summed E-state index contributed by atoms with van der Waals surface area (Å²) in [5.41, 5.74) is 5.59. The maximum atomic E-state index is 13.1. The number of piperidine rings is 1. The van der Waals surface area contributed by atoms with Crippen LogP contribution in [0.1, 0.15) is 19.3 Å². The quantitative estimate of drug-likeness (QED) is 0.200. The highest BCUT2D eigenvalue weighted by molar-refractivity contribution is 6.07. The van der Waals surface area contributed by atoms with Crippen LogP contribution in [0.25, 0.3) is 0 Å². The van der Waals surface area contributed by atoms with Gasteiger partial charge in [-0.3, -0.25) is 10.2 Å². The van der Waals surface area contributed by atoms with Gasteiger partial charge in [0.05, 0.1) is 5.92 Å². The molecule has 38 heavy (non-hydrogen) atoms. The fraction of sp³-hybridized carbons (Fsp3) is 0.560. The van der Waals surface area contributed by atoms with Crippen LogP contribution >= 0.6 is 0 Å². The van der Waals surface area contributed by atoms with Gasteiger partial charge in [-0.15, -0.1) is 0 Å². The van der Waals surface area contributed by atoms with Crippen molar-refractivity contribution in [2.45, 2.75) is 25.3 Å². The number of rotatable bonds is 7. The second kappa shape index (κ2) is 12.0. The number of likely N-dealkylation sites (tertiary alicyclic amines) is 2. The molecule has 13 heteroatoms. The van der Waals surface area contributed by atoms with E-state index < -0.39 is 36.0 Å². The number of nitrogens with one attached hydrogen (secondary N) is 1. The minimum absolute atomic E-state index is 0.0216. The Morgan fingerprint density at radius 3 is 2.34 bits per heavy atom. The number of piperazine rings is 1. The lowest BCUT2D eigenvalue weighted by Gasteiger charge is -2.47. The normalized spacial score (nSPS) is 23.5. The summed E-state index contributed by atoms with van der Waals surface area (Å²) >= 11 is 0. The molecule has 4 N–H and O–H groups in total. The van der Waals surface area contributed by atoms with Gasteiger partial charge in [0, 0.05) is 39.3 Å². The van der Waals surface area contributed by atoms with E-state index in [2.05, 4.69) is 0 Å². The van der Waals surface area contributed by atoms with Gasteiger partial charge in [-0.25, -0.2) is 19.3 Å². The van der Waals surface area contributed by atoms with E-state index in [1.807, 2.05) is 18.2 Å². The Bertz CT molecular complexity index is 1050. The zero-order valence-corrected chi connectivity index (χ0v) is 21.2. The number of carbonyl (C=O) groups is 4. The minimum atomic E-state index is -1.23. The molecule has 0 aromatic heterocycles. The summed E-state index contributed by atoms with van der Waals surface area (Å²) in [7, 11) is 0. The number of hydrogen-bond acceptors (Lipinski definition) is 7. The number of hydrogen-bond donors (Lipinski definition) is 3. The number of carboxylic acids is 1. The van der Waals surface area contributed by atoms with E-state index in [-0.39, 0.29) is 51.3 Å². The van der Waals surface area contributed by atoms with Crippen LogP contribution in [0.2, 0.25) is 0 Å². The van der Waals surface area contributed by atoms with Crippen LogP contribution < -0.4 is 10.5 Å². The molecule has 3 heterocycles. The SMILES string of the molecule is N=C(N)N1CCCC(C[C@H]2C(=O)N(C(=O)N3CCN(C(=O)OCCOc4ccccc4)CC3)C2C(=O)O)C1. The fourth-order valence-electron chi connectivity index (χ4n) is 5.24. The molecule has 13 nitrogen and oxygen atoms in total. The van der Waals surface area contributed by atoms with Crippen LogP contribution in [0.3, 0.4) is 0 Å². The Labute approximate surface area is 220 Å². The van der Waals surface area contributed by atoms with Crippen molar-refractivity contribution in [3.63, 3.8) is 0 Å². The van der Waals surface area contributed by atoms with Crippen LogP contribution in [0.15, 0.2) is 30.3 Å². The van der Waals surface area contributed by atoms with Crippen LogP contribution in [0, 0.1) is 17.2 Å². The van der Waals surface area contributed by atoms with E-state index in [9.17, 15) is 24.3 Å². The Hall–Kier alpha value is -4.03. The number of β-lactam (4-membered cyclic amide) rings is 1. The highest BCUT2D eigenvalue weighted by Gasteiger charge is 2.56. The molecular formula is C25H34N6O7. The van der Waals surface area contributed by atoms with E-state index in [0.29, 0.717) is 25.3 Å². The van der Waals surface area contributed by atoms with Gasteiger partial charge in [0.15, 0.2) is 12.0 Å². The lowest BCUT2D eigenvalue weighted by Crippen LogP contribution is -2.70. The third-order valence-electron chi connectivity index (χ3n) is 7.25. The van der Waals surface area contributed by atoms with Gasteiger partial charge >= 0.3 is 18.1 Å². The number of guanidine groups is 1. The lowest BCUT2D eigenvalue weighted by molar-refractivity contribution is -0.167. The van der Waals surface area contributed by atoms with Crippen molar-refractivity contribution in [1.82, 2.24) is 19.6 Å². The van der Waals surface area contributed by atoms with Crippen LogP contribution in [0.4, 0.5) is 9.59 Å². The zero-order chi connectivity index (χ0) is 27.2. The highest BCUT2D eigenvalue weighted by Crippen LogP contribution is 2.36. The van der Waals surface area contributed by atoms with Gasteiger partial charge in [-0.1, -0.05) is 18.2 Å². The lowest BCUT2D eigenvalue weighted by atomic mass is 9.78. The molecule has 4 amide bonds. The molecule has 1 aromatic carbocycles. The van der Waals surface area contributed by atoms with E-state index in [0.717, 1.165) is 17.7 Å². The van der Waals surface area contributed by atoms with Crippen LogP contribution in [-0.2, 0) is 14.3 Å². The molecule has 206 valence electrons. The van der Waals surface area contributed by atoms with E-state index >= 15 is 0 Å². The number of imide groups is 1. The van der Waals surface area contributed by atoms with Crippen LogP contribution in [-0.4, -0.2) is 113 Å². The molecule has 3 aliphatic heterocycles. The number of urea groups is 1. The first-order valence-electron chi connectivity index (χ1n) is 12.8. The Morgan fingerprint density at radius 1 is 1.00 bits per heavy atom. The van der Waals surface area contributed by atoms with Gasteiger partial charge in [0.25, 0.3) is 0 Å². The van der Waals surface area contributed by atoms with Crippen molar-refractivity contribution in [3.8, 4) is 5.75 Å². The molecule has 4 rings (SSSR count). The van der Waals surface area contributed by atoms with Gasteiger partial charge in [-0.05, 0) is 37.3 Å². The van der Waals surface area contributed by atoms with E-state index in [1.165, 1.54) is 9.80 Å². The number of amides is 4. The average Bonchev–Trinajstić information content (AvgIpc) is 2.92. The van der Waals surface area contributed by atoms with Gasteiger partial charge < -0.3 is 35.0 Å². The number of carbonyl (C=O) groups excluding carboxylic acids is 3. The largest absolute Gasteiger partial charge is 0.490 e. The molecule has 2 unspecified atom stereocenters. The molecule has 0 aliphatic carbocycles. The topological polar surface area (TPSA) is 170 Å². The maximum Gasteiger partial charge on any atom is 0.410 e. The van der Waals surface area contributed by atoms with Crippen molar-refractivity contribution in [2.75, 3.05) is 52.5 Å². The molecule has 3 fully saturated rings. The number of benzene rings is 1. The predicted octanol–water partition coefficient (Wildman–Crippen LogP) is 0.847. The molecule has 0 saturated carbocycles. The number of aliphatic carboxylic acids is 1. The molecular weight excluding hydrogens is 496 g/mol. The average molecular weight is 531 g/mol. The van der Waals surface area contributed by atoms with Crippen molar-refractivity contribution >= 4 is 30.0 Å². The predicted molar refractivity (Wildman–Crippen MR) is 134 cm³/mol. The summed E-state index contributed by atoms with van der Waals surface area (Å²) in [5.74, 6) is -1.85. The first-order chi connectivity index (χ1) is 18.3. The summed E-state index contributed by atoms with van der Waals surface area (Å²) in [6.07, 6.45) is 1.42. The van der Waals surface area contributed by atoms with Crippen molar-refractivity contribution in [2.24, 2.45) is 17.6 Å². The molecule has 3 saturated heterocycles. The molecule has 0 radical (unpaired) electrons. The first-order valence-corrected chi connectivity index (χ1v) is 12.8.